The van der Waals surface area contributed by atoms with E-state index in [1.807, 2.05) is 36.4 Å². The van der Waals surface area contributed by atoms with Crippen LogP contribution in [-0.4, -0.2) is 9.78 Å². The van der Waals surface area contributed by atoms with Gasteiger partial charge >= 0.3 is 6.18 Å². The van der Waals surface area contributed by atoms with Gasteiger partial charge in [0.15, 0.2) is 0 Å². The number of alkyl halides is 3. The molecule has 5 rings (SSSR count). The van der Waals surface area contributed by atoms with Crippen molar-refractivity contribution in [1.29, 1.82) is 0 Å². The minimum Gasteiger partial charge on any atom is -0.457 e. The molecule has 3 nitrogen and oxygen atoms in total. The third kappa shape index (κ3) is 4.99. The lowest BCUT2D eigenvalue weighted by Crippen LogP contribution is -2.06. The summed E-state index contributed by atoms with van der Waals surface area (Å²) in [6.45, 7) is 0.303. The lowest BCUT2D eigenvalue weighted by Gasteiger charge is -2.11. The van der Waals surface area contributed by atoms with Gasteiger partial charge < -0.3 is 4.74 Å². The van der Waals surface area contributed by atoms with E-state index in [0.717, 1.165) is 11.6 Å². The molecular formula is C27H17Cl2F3N2O. The van der Waals surface area contributed by atoms with Gasteiger partial charge in [0.2, 0.25) is 0 Å². The Kier molecular flexibility index (Phi) is 6.17. The minimum atomic E-state index is -4.53. The average Bonchev–Trinajstić information content (AvgIpc) is 3.16. The second-order valence-electron chi connectivity index (χ2n) is 7.93. The Balaban J connectivity index is 1.64. The molecule has 8 heteroatoms. The van der Waals surface area contributed by atoms with E-state index in [2.05, 4.69) is 5.10 Å². The molecular weight excluding hydrogens is 496 g/mol. The van der Waals surface area contributed by atoms with Crippen LogP contribution in [0.3, 0.4) is 0 Å². The number of ether oxygens (including phenoxy) is 1. The first-order valence-corrected chi connectivity index (χ1v) is 11.4. The first-order valence-electron chi connectivity index (χ1n) is 10.6. The molecule has 0 aliphatic carbocycles. The second kappa shape index (κ2) is 9.29. The molecule has 0 N–H and O–H groups in total. The largest absolute Gasteiger partial charge is 0.457 e. The predicted molar refractivity (Wildman–Crippen MR) is 132 cm³/mol. The van der Waals surface area contributed by atoms with Gasteiger partial charge in [0.1, 0.15) is 17.0 Å². The lowest BCUT2D eigenvalue weighted by atomic mass is 10.0. The zero-order chi connectivity index (χ0) is 24.6. The van der Waals surface area contributed by atoms with Gasteiger partial charge in [-0.3, -0.25) is 4.68 Å². The third-order valence-corrected chi connectivity index (χ3v) is 5.87. The Morgan fingerprint density at radius 3 is 2.20 bits per heavy atom. The first-order chi connectivity index (χ1) is 16.8. The number of hydrogen-bond donors (Lipinski definition) is 0. The monoisotopic (exact) mass is 512 g/mol. The molecule has 0 saturated heterocycles. The summed E-state index contributed by atoms with van der Waals surface area (Å²) in [7, 11) is 0. The van der Waals surface area contributed by atoms with Gasteiger partial charge in [-0.25, -0.2) is 0 Å². The molecule has 0 atom stereocenters. The molecule has 1 aromatic heterocycles. The van der Waals surface area contributed by atoms with Crippen LogP contribution in [0.15, 0.2) is 91.0 Å². The fourth-order valence-corrected chi connectivity index (χ4v) is 4.49. The van der Waals surface area contributed by atoms with Crippen LogP contribution in [-0.2, 0) is 12.7 Å². The van der Waals surface area contributed by atoms with E-state index < -0.39 is 11.7 Å². The molecule has 0 saturated carbocycles. The average molecular weight is 513 g/mol. The van der Waals surface area contributed by atoms with Gasteiger partial charge in [-0.15, -0.1) is 0 Å². The van der Waals surface area contributed by atoms with E-state index in [9.17, 15) is 13.2 Å². The standard InChI is InChI=1S/C27H17Cl2F3N2O/c28-19-13-20(29)15-22(14-19)35-21-9-4-8-18(12-21)26-23-10-5-11-24(27(30,31)32)25(23)33-34(26)16-17-6-2-1-3-7-17/h1-15H,16H2. The number of benzene rings is 4. The van der Waals surface area contributed by atoms with Crippen molar-refractivity contribution >= 4 is 34.1 Å². The van der Waals surface area contributed by atoms with Crippen molar-refractivity contribution < 1.29 is 17.9 Å². The highest BCUT2D eigenvalue weighted by Crippen LogP contribution is 2.39. The van der Waals surface area contributed by atoms with Gasteiger partial charge in [0.05, 0.1) is 17.8 Å². The summed E-state index contributed by atoms with van der Waals surface area (Å²) in [6.07, 6.45) is -4.53. The van der Waals surface area contributed by atoms with Crippen LogP contribution in [0.5, 0.6) is 11.5 Å². The molecule has 0 aliphatic heterocycles. The fraction of sp³-hybridized carbons (Fsp3) is 0.0741. The van der Waals surface area contributed by atoms with Gasteiger partial charge in [-0.2, -0.15) is 18.3 Å². The van der Waals surface area contributed by atoms with Crippen LogP contribution in [0.4, 0.5) is 13.2 Å². The number of aromatic nitrogens is 2. The maximum atomic E-state index is 13.8. The highest BCUT2D eigenvalue weighted by molar-refractivity contribution is 6.34. The number of halogens is 5. The van der Waals surface area contributed by atoms with Crippen molar-refractivity contribution in [3.8, 4) is 22.8 Å². The molecule has 0 amide bonds. The Morgan fingerprint density at radius 1 is 0.771 bits per heavy atom. The molecule has 1 heterocycles. The molecule has 0 radical (unpaired) electrons. The number of rotatable bonds is 5. The third-order valence-electron chi connectivity index (χ3n) is 5.43. The van der Waals surface area contributed by atoms with Crippen LogP contribution >= 0.6 is 23.2 Å². The normalized spacial score (nSPS) is 11.7. The molecule has 5 aromatic rings. The summed E-state index contributed by atoms with van der Waals surface area (Å²) in [6, 6.07) is 25.5. The van der Waals surface area contributed by atoms with E-state index in [1.54, 1.807) is 47.1 Å². The molecule has 0 bridgehead atoms. The van der Waals surface area contributed by atoms with E-state index in [-0.39, 0.29) is 5.52 Å². The zero-order valence-electron chi connectivity index (χ0n) is 18.1. The number of nitrogens with zero attached hydrogens (tertiary/aromatic N) is 2. The Labute approximate surface area is 209 Å². The van der Waals surface area contributed by atoms with Crippen LogP contribution in [0.1, 0.15) is 11.1 Å². The lowest BCUT2D eigenvalue weighted by molar-refractivity contribution is -0.136. The smallest absolute Gasteiger partial charge is 0.418 e. The molecule has 35 heavy (non-hydrogen) atoms. The van der Waals surface area contributed by atoms with E-state index >= 15 is 0 Å². The predicted octanol–water partition coefficient (Wildman–Crippen LogP) is 8.87. The molecule has 0 spiro atoms. The summed E-state index contributed by atoms with van der Waals surface area (Å²) in [4.78, 5) is 0. The van der Waals surface area contributed by atoms with Crippen molar-refractivity contribution in [3.05, 3.63) is 112 Å². The second-order valence-corrected chi connectivity index (χ2v) is 8.80. The van der Waals surface area contributed by atoms with Crippen LogP contribution < -0.4 is 4.74 Å². The van der Waals surface area contributed by atoms with Crippen LogP contribution in [0, 0.1) is 0 Å². The molecule has 0 fully saturated rings. The minimum absolute atomic E-state index is 0.0983. The van der Waals surface area contributed by atoms with Crippen molar-refractivity contribution in [3.63, 3.8) is 0 Å². The zero-order valence-corrected chi connectivity index (χ0v) is 19.6. The number of hydrogen-bond acceptors (Lipinski definition) is 2. The highest BCUT2D eigenvalue weighted by atomic mass is 35.5. The van der Waals surface area contributed by atoms with Crippen LogP contribution in [0.25, 0.3) is 22.2 Å². The van der Waals surface area contributed by atoms with Gasteiger partial charge in [-0.05, 0) is 42.0 Å². The molecule has 0 unspecified atom stereocenters. The van der Waals surface area contributed by atoms with Crippen molar-refractivity contribution in [2.45, 2.75) is 12.7 Å². The SMILES string of the molecule is FC(F)(F)c1cccc2c(-c3cccc(Oc4cc(Cl)cc(Cl)c4)c3)n(Cc3ccccc3)nc12. The van der Waals surface area contributed by atoms with E-state index in [0.29, 0.717) is 44.7 Å². The Morgan fingerprint density at radius 2 is 1.49 bits per heavy atom. The maximum Gasteiger partial charge on any atom is 0.418 e. The van der Waals surface area contributed by atoms with Crippen molar-refractivity contribution in [2.24, 2.45) is 0 Å². The van der Waals surface area contributed by atoms with E-state index in [1.165, 1.54) is 6.07 Å². The molecule has 176 valence electrons. The first kappa shape index (κ1) is 23.3. The Hall–Kier alpha value is -3.48. The summed E-state index contributed by atoms with van der Waals surface area (Å²) in [5.74, 6) is 0.926. The van der Waals surface area contributed by atoms with Crippen LogP contribution in [0.2, 0.25) is 10.0 Å². The number of fused-ring (bicyclic) bond motifs is 1. The molecule has 0 aliphatic rings. The summed E-state index contributed by atoms with van der Waals surface area (Å²) < 4.78 is 48.9. The van der Waals surface area contributed by atoms with Gasteiger partial charge in [-0.1, -0.05) is 77.8 Å². The molecule has 4 aromatic carbocycles. The fourth-order valence-electron chi connectivity index (χ4n) is 3.99. The summed E-state index contributed by atoms with van der Waals surface area (Å²) in [5, 5.41) is 5.66. The van der Waals surface area contributed by atoms with Gasteiger partial charge in [0, 0.05) is 21.0 Å². The topological polar surface area (TPSA) is 27.1 Å². The van der Waals surface area contributed by atoms with Gasteiger partial charge in [0.25, 0.3) is 0 Å². The van der Waals surface area contributed by atoms with E-state index in [4.69, 9.17) is 27.9 Å². The van der Waals surface area contributed by atoms with Crippen molar-refractivity contribution in [1.82, 2.24) is 9.78 Å². The Bertz CT molecular complexity index is 1490. The maximum absolute atomic E-state index is 13.8. The summed E-state index contributed by atoms with van der Waals surface area (Å²) >= 11 is 12.2. The highest BCUT2D eigenvalue weighted by Gasteiger charge is 2.34. The summed E-state index contributed by atoms with van der Waals surface area (Å²) in [5.41, 5.74) is 1.26. The van der Waals surface area contributed by atoms with Crippen molar-refractivity contribution in [2.75, 3.05) is 0 Å². The quantitative estimate of drug-likeness (QED) is 0.235.